The molecule has 5 rings (SSSR count). The number of anilines is 1. The van der Waals surface area contributed by atoms with Crippen molar-refractivity contribution in [1.82, 2.24) is 4.90 Å². The van der Waals surface area contributed by atoms with Gasteiger partial charge in [0.05, 0.1) is 17.8 Å². The molecule has 3 saturated heterocycles. The number of carboxylic acid groups (broad SMARTS) is 1. The van der Waals surface area contributed by atoms with Crippen LogP contribution in [0.15, 0.2) is 48.5 Å². The molecule has 1 amide bonds. The van der Waals surface area contributed by atoms with Gasteiger partial charge in [-0.25, -0.2) is 14.0 Å². The Morgan fingerprint density at radius 2 is 1.90 bits per heavy atom. The molecular weight excluding hydrogens is 375 g/mol. The number of amides is 1. The zero-order valence-electron chi connectivity index (χ0n) is 16.0. The van der Waals surface area contributed by atoms with Crippen LogP contribution in [0.2, 0.25) is 0 Å². The van der Waals surface area contributed by atoms with E-state index in [1.807, 2.05) is 0 Å². The maximum absolute atomic E-state index is 14.5. The number of rotatable bonds is 5. The number of benzene rings is 2. The molecule has 0 radical (unpaired) electrons. The lowest BCUT2D eigenvalue weighted by Gasteiger charge is -2.44. The van der Waals surface area contributed by atoms with Gasteiger partial charge in [0.15, 0.2) is 0 Å². The van der Waals surface area contributed by atoms with Crippen molar-refractivity contribution in [3.8, 4) is 0 Å². The van der Waals surface area contributed by atoms with Crippen LogP contribution in [0.3, 0.4) is 0 Å². The first-order valence-corrected chi connectivity index (χ1v) is 9.78. The number of carbonyl (C=O) groups is 2. The van der Waals surface area contributed by atoms with Gasteiger partial charge in [0, 0.05) is 6.54 Å². The number of ether oxygens (including phenoxy) is 1. The quantitative estimate of drug-likeness (QED) is 0.831. The summed E-state index contributed by atoms with van der Waals surface area (Å²) >= 11 is 0. The Hall–Kier alpha value is -2.93. The van der Waals surface area contributed by atoms with Gasteiger partial charge in [-0.1, -0.05) is 24.3 Å². The fourth-order valence-corrected chi connectivity index (χ4v) is 4.14. The highest BCUT2D eigenvalue weighted by molar-refractivity contribution is 5.89. The Balaban J connectivity index is 1.58. The zero-order chi connectivity index (χ0) is 20.4. The summed E-state index contributed by atoms with van der Waals surface area (Å²) in [5.74, 6) is -1.26. The first kappa shape index (κ1) is 19.4. The average molecular weight is 398 g/mol. The predicted molar refractivity (Wildman–Crippen MR) is 105 cm³/mol. The number of para-hydroxylation sites is 1. The van der Waals surface area contributed by atoms with E-state index in [-0.39, 0.29) is 23.9 Å². The highest BCUT2D eigenvalue weighted by Gasteiger charge is 2.37. The second-order valence-corrected chi connectivity index (χ2v) is 7.60. The highest BCUT2D eigenvalue weighted by atomic mass is 19.1. The lowest BCUT2D eigenvalue weighted by molar-refractivity contribution is -0.0311. The summed E-state index contributed by atoms with van der Waals surface area (Å²) in [6.07, 6.45) is 1.18. The molecule has 0 saturated carbocycles. The van der Waals surface area contributed by atoms with Gasteiger partial charge in [-0.05, 0) is 61.7 Å². The van der Waals surface area contributed by atoms with Gasteiger partial charge < -0.3 is 9.84 Å². The molecule has 0 aromatic heterocycles. The van der Waals surface area contributed by atoms with Crippen molar-refractivity contribution in [2.75, 3.05) is 24.5 Å². The molecule has 0 spiro atoms. The number of hydrogen-bond acceptors (Lipinski definition) is 4. The minimum absolute atomic E-state index is 0.0159. The second-order valence-electron chi connectivity index (χ2n) is 7.60. The Bertz CT molecular complexity index is 911. The van der Waals surface area contributed by atoms with E-state index in [0.29, 0.717) is 18.0 Å². The van der Waals surface area contributed by atoms with Gasteiger partial charge in [0.2, 0.25) is 0 Å². The maximum atomic E-state index is 14.5. The fraction of sp³-hybridized carbons (Fsp3) is 0.364. The van der Waals surface area contributed by atoms with E-state index in [1.165, 1.54) is 29.2 Å². The van der Waals surface area contributed by atoms with Crippen molar-refractivity contribution in [2.45, 2.75) is 25.5 Å². The highest BCUT2D eigenvalue weighted by Crippen LogP contribution is 2.31. The standard InChI is InChI=1S/C22H23FN2O4/c23-18-6-1-2-7-19(18)25(13-15-4-3-5-17(12-15)21(26)27)22(28)29-20-14-24-10-8-16(20)9-11-24/h1-7,12,16,20H,8-11,13-14H2,(H,26,27)/t20-/m0/s1. The monoisotopic (exact) mass is 398 g/mol. The van der Waals surface area contributed by atoms with E-state index in [0.717, 1.165) is 25.9 Å². The van der Waals surface area contributed by atoms with Crippen LogP contribution in [-0.2, 0) is 11.3 Å². The molecule has 3 heterocycles. The molecule has 0 unspecified atom stereocenters. The summed E-state index contributed by atoms with van der Waals surface area (Å²) in [5.41, 5.74) is 0.806. The Labute approximate surface area is 168 Å². The lowest BCUT2D eigenvalue weighted by Crippen LogP contribution is -2.53. The van der Waals surface area contributed by atoms with Crippen molar-refractivity contribution < 1.29 is 23.8 Å². The van der Waals surface area contributed by atoms with Crippen molar-refractivity contribution in [3.05, 3.63) is 65.5 Å². The SMILES string of the molecule is O=C(O)c1cccc(CN(C(=O)O[C@H]2CN3CCC2CC3)c2ccccc2F)c1. The van der Waals surface area contributed by atoms with Crippen molar-refractivity contribution in [1.29, 1.82) is 0 Å². The molecule has 3 fully saturated rings. The Morgan fingerprint density at radius 1 is 1.14 bits per heavy atom. The van der Waals surface area contributed by atoms with Gasteiger partial charge in [-0.2, -0.15) is 0 Å². The smallest absolute Gasteiger partial charge is 0.415 e. The van der Waals surface area contributed by atoms with Crippen LogP contribution in [0.25, 0.3) is 0 Å². The molecule has 3 aliphatic heterocycles. The fourth-order valence-electron chi connectivity index (χ4n) is 4.14. The number of aromatic carboxylic acids is 1. The zero-order valence-corrected chi connectivity index (χ0v) is 16.0. The number of piperidine rings is 3. The predicted octanol–water partition coefficient (Wildman–Crippen LogP) is 3.76. The minimum atomic E-state index is -1.06. The van der Waals surface area contributed by atoms with Crippen LogP contribution in [0.4, 0.5) is 14.9 Å². The molecule has 3 aliphatic rings. The average Bonchev–Trinajstić information content (AvgIpc) is 2.73. The van der Waals surface area contributed by atoms with Crippen LogP contribution in [0.1, 0.15) is 28.8 Å². The van der Waals surface area contributed by atoms with Gasteiger partial charge in [-0.15, -0.1) is 0 Å². The van der Waals surface area contributed by atoms with Crippen LogP contribution in [0.5, 0.6) is 0 Å². The number of nitrogens with zero attached hydrogens (tertiary/aromatic N) is 2. The summed E-state index contributed by atoms with van der Waals surface area (Å²) < 4.78 is 20.3. The van der Waals surface area contributed by atoms with E-state index in [4.69, 9.17) is 4.74 Å². The molecular formula is C22H23FN2O4. The van der Waals surface area contributed by atoms with Gasteiger partial charge in [0.25, 0.3) is 0 Å². The molecule has 7 heteroatoms. The number of carboxylic acids is 1. The summed E-state index contributed by atoms with van der Waals surface area (Å²) in [7, 11) is 0. The molecule has 2 aromatic rings. The van der Waals surface area contributed by atoms with Crippen LogP contribution in [-0.4, -0.2) is 47.8 Å². The van der Waals surface area contributed by atoms with Crippen LogP contribution < -0.4 is 4.90 Å². The topological polar surface area (TPSA) is 70.1 Å². The third kappa shape index (κ3) is 4.24. The number of halogens is 1. The van der Waals surface area contributed by atoms with E-state index in [2.05, 4.69) is 4.90 Å². The minimum Gasteiger partial charge on any atom is -0.478 e. The molecule has 29 heavy (non-hydrogen) atoms. The largest absolute Gasteiger partial charge is 0.478 e. The number of hydrogen-bond donors (Lipinski definition) is 1. The first-order valence-electron chi connectivity index (χ1n) is 9.78. The summed E-state index contributed by atoms with van der Waals surface area (Å²) in [4.78, 5) is 27.9. The summed E-state index contributed by atoms with van der Waals surface area (Å²) in [6.45, 7) is 2.77. The van der Waals surface area contributed by atoms with Crippen LogP contribution >= 0.6 is 0 Å². The van der Waals surface area contributed by atoms with Gasteiger partial charge in [0.1, 0.15) is 11.9 Å². The molecule has 152 valence electrons. The van der Waals surface area contributed by atoms with Crippen molar-refractivity contribution >= 4 is 17.7 Å². The van der Waals surface area contributed by atoms with Crippen molar-refractivity contribution in [2.24, 2.45) is 5.92 Å². The summed E-state index contributed by atoms with van der Waals surface area (Å²) in [5, 5.41) is 9.22. The third-order valence-corrected chi connectivity index (χ3v) is 5.73. The molecule has 1 N–H and O–H groups in total. The number of carbonyl (C=O) groups excluding carboxylic acids is 1. The first-order chi connectivity index (χ1) is 14.0. The van der Waals surface area contributed by atoms with E-state index in [1.54, 1.807) is 24.3 Å². The Morgan fingerprint density at radius 3 is 2.55 bits per heavy atom. The van der Waals surface area contributed by atoms with Gasteiger partial charge in [-0.3, -0.25) is 9.80 Å². The lowest BCUT2D eigenvalue weighted by atomic mass is 9.86. The molecule has 1 atom stereocenters. The van der Waals surface area contributed by atoms with E-state index >= 15 is 0 Å². The normalized spacial score (nSPS) is 22.9. The summed E-state index contributed by atoms with van der Waals surface area (Å²) in [6, 6.07) is 12.3. The van der Waals surface area contributed by atoms with Crippen LogP contribution in [0, 0.1) is 11.7 Å². The molecule has 6 nitrogen and oxygen atoms in total. The maximum Gasteiger partial charge on any atom is 0.415 e. The molecule has 2 bridgehead atoms. The van der Waals surface area contributed by atoms with Gasteiger partial charge >= 0.3 is 12.1 Å². The second kappa shape index (κ2) is 8.21. The molecule has 0 aliphatic carbocycles. The third-order valence-electron chi connectivity index (χ3n) is 5.73. The van der Waals surface area contributed by atoms with E-state index < -0.39 is 17.9 Å². The van der Waals surface area contributed by atoms with E-state index in [9.17, 15) is 19.1 Å². The van der Waals surface area contributed by atoms with Crippen molar-refractivity contribution in [3.63, 3.8) is 0 Å². The number of fused-ring (bicyclic) bond motifs is 3. The Kier molecular flexibility index (Phi) is 5.49. The molecule has 2 aromatic carbocycles.